The molecule has 8 heteroatoms. The van der Waals surface area contributed by atoms with E-state index in [-0.39, 0.29) is 17.5 Å². The van der Waals surface area contributed by atoms with Crippen molar-refractivity contribution < 1.29 is 9.53 Å². The van der Waals surface area contributed by atoms with Crippen molar-refractivity contribution in [2.24, 2.45) is 5.73 Å². The van der Waals surface area contributed by atoms with E-state index >= 15 is 0 Å². The summed E-state index contributed by atoms with van der Waals surface area (Å²) in [6, 6.07) is 7.08. The van der Waals surface area contributed by atoms with Crippen molar-refractivity contribution in [1.82, 2.24) is 9.59 Å². The summed E-state index contributed by atoms with van der Waals surface area (Å²) in [5.41, 5.74) is 6.64. The van der Waals surface area contributed by atoms with E-state index in [4.69, 9.17) is 22.7 Å². The van der Waals surface area contributed by atoms with Gasteiger partial charge in [0.05, 0.1) is 11.4 Å². The summed E-state index contributed by atoms with van der Waals surface area (Å²) in [5, 5.41) is 6.72. The zero-order valence-electron chi connectivity index (χ0n) is 11.3. The molecule has 0 unspecified atom stereocenters. The second kappa shape index (κ2) is 7.09. The Labute approximate surface area is 131 Å². The number of nitrogens with zero attached hydrogens (tertiary/aromatic N) is 2. The number of nitrogens with two attached hydrogens (primary N) is 1. The van der Waals surface area contributed by atoms with E-state index in [2.05, 4.69) is 14.9 Å². The Balaban J connectivity index is 2.15. The molecule has 0 bridgehead atoms. The Morgan fingerprint density at radius 1 is 1.48 bits per heavy atom. The number of amides is 1. The second-order valence-corrected chi connectivity index (χ2v) is 5.39. The van der Waals surface area contributed by atoms with Gasteiger partial charge in [-0.15, -0.1) is 5.10 Å². The Bertz CT molecular complexity index is 657. The highest BCUT2D eigenvalue weighted by atomic mass is 32.1. The number of anilines is 1. The molecule has 0 radical (unpaired) electrons. The molecule has 0 saturated heterocycles. The number of para-hydroxylation sites is 2. The summed E-state index contributed by atoms with van der Waals surface area (Å²) in [6.45, 7) is 2.04. The lowest BCUT2D eigenvalue weighted by Gasteiger charge is -2.11. The molecule has 1 heterocycles. The van der Waals surface area contributed by atoms with Crippen molar-refractivity contribution in [1.29, 1.82) is 0 Å². The zero-order valence-corrected chi connectivity index (χ0v) is 13.0. The predicted molar refractivity (Wildman–Crippen MR) is 86.0 cm³/mol. The highest BCUT2D eigenvalue weighted by Gasteiger charge is 2.16. The van der Waals surface area contributed by atoms with Gasteiger partial charge in [0.15, 0.2) is 0 Å². The molecule has 1 aromatic carbocycles. The van der Waals surface area contributed by atoms with Gasteiger partial charge >= 0.3 is 0 Å². The van der Waals surface area contributed by atoms with Crippen LogP contribution in [0.1, 0.15) is 22.3 Å². The summed E-state index contributed by atoms with van der Waals surface area (Å²) in [5.74, 6) is 0.252. The maximum atomic E-state index is 12.3. The SMILES string of the molecule is CCc1nnsc1C(=O)Nc1ccccc1OCC(N)=S. The lowest BCUT2D eigenvalue weighted by Crippen LogP contribution is -2.19. The van der Waals surface area contributed by atoms with E-state index in [1.165, 1.54) is 0 Å². The minimum Gasteiger partial charge on any atom is -0.484 e. The molecule has 1 aromatic heterocycles. The summed E-state index contributed by atoms with van der Waals surface area (Å²) in [4.78, 5) is 13.0. The van der Waals surface area contributed by atoms with E-state index in [1.54, 1.807) is 24.3 Å². The predicted octanol–water partition coefficient (Wildman–Crippen LogP) is 2.02. The normalized spacial score (nSPS) is 10.1. The van der Waals surface area contributed by atoms with E-state index in [1.807, 2.05) is 6.92 Å². The number of rotatable bonds is 6. The van der Waals surface area contributed by atoms with Crippen LogP contribution in [-0.2, 0) is 6.42 Å². The first kappa shape index (κ1) is 15.3. The highest BCUT2D eigenvalue weighted by Crippen LogP contribution is 2.25. The highest BCUT2D eigenvalue weighted by molar-refractivity contribution is 7.80. The average molecular weight is 322 g/mol. The molecule has 0 aliphatic carbocycles. The van der Waals surface area contributed by atoms with Crippen LogP contribution in [0.5, 0.6) is 5.75 Å². The maximum absolute atomic E-state index is 12.3. The van der Waals surface area contributed by atoms with Gasteiger partial charge in [0.25, 0.3) is 5.91 Å². The van der Waals surface area contributed by atoms with Crippen molar-refractivity contribution in [2.75, 3.05) is 11.9 Å². The Morgan fingerprint density at radius 3 is 2.95 bits per heavy atom. The maximum Gasteiger partial charge on any atom is 0.269 e. The Morgan fingerprint density at radius 2 is 2.24 bits per heavy atom. The zero-order chi connectivity index (χ0) is 15.2. The number of hydrogen-bond acceptors (Lipinski definition) is 6. The molecule has 2 rings (SSSR count). The van der Waals surface area contributed by atoms with Crippen molar-refractivity contribution in [3.63, 3.8) is 0 Å². The van der Waals surface area contributed by atoms with Gasteiger partial charge in [0.2, 0.25) is 0 Å². The number of ether oxygens (including phenoxy) is 1. The number of carbonyl (C=O) groups is 1. The monoisotopic (exact) mass is 322 g/mol. The number of thiocarbonyl (C=S) groups is 1. The van der Waals surface area contributed by atoms with Crippen LogP contribution in [0.3, 0.4) is 0 Å². The molecule has 0 spiro atoms. The topological polar surface area (TPSA) is 90.1 Å². The molecule has 0 atom stereocenters. The van der Waals surface area contributed by atoms with Crippen molar-refractivity contribution in [2.45, 2.75) is 13.3 Å². The molecule has 3 N–H and O–H groups in total. The first-order valence-electron chi connectivity index (χ1n) is 6.24. The molecule has 2 aromatic rings. The van der Waals surface area contributed by atoms with E-state index in [0.717, 1.165) is 11.5 Å². The smallest absolute Gasteiger partial charge is 0.269 e. The number of nitrogens with one attached hydrogen (secondary N) is 1. The van der Waals surface area contributed by atoms with Gasteiger partial charge in [-0.25, -0.2) is 0 Å². The van der Waals surface area contributed by atoms with Crippen LogP contribution in [0.4, 0.5) is 5.69 Å². The second-order valence-electron chi connectivity index (χ2n) is 4.11. The summed E-state index contributed by atoms with van der Waals surface area (Å²) < 4.78 is 9.27. The molecule has 0 saturated carbocycles. The lowest BCUT2D eigenvalue weighted by molar-refractivity contribution is 0.102. The molecule has 21 heavy (non-hydrogen) atoms. The van der Waals surface area contributed by atoms with Crippen LogP contribution in [0.2, 0.25) is 0 Å². The number of aryl methyl sites for hydroxylation is 1. The number of aromatic nitrogens is 2. The van der Waals surface area contributed by atoms with Gasteiger partial charge in [-0.3, -0.25) is 4.79 Å². The summed E-state index contributed by atoms with van der Waals surface area (Å²) in [6.07, 6.45) is 0.652. The summed E-state index contributed by atoms with van der Waals surface area (Å²) >= 11 is 5.84. The molecular weight excluding hydrogens is 308 g/mol. The van der Waals surface area contributed by atoms with Crippen LogP contribution >= 0.6 is 23.8 Å². The van der Waals surface area contributed by atoms with Crippen molar-refractivity contribution >= 4 is 40.3 Å². The first-order chi connectivity index (χ1) is 10.1. The number of carbonyl (C=O) groups excluding carboxylic acids is 1. The Hall–Kier alpha value is -2.06. The van der Waals surface area contributed by atoms with E-state index in [0.29, 0.717) is 28.4 Å². The quantitative estimate of drug-likeness (QED) is 0.791. The third-order valence-electron chi connectivity index (χ3n) is 2.60. The average Bonchev–Trinajstić information content (AvgIpc) is 2.94. The molecule has 6 nitrogen and oxygen atoms in total. The minimum atomic E-state index is -0.256. The van der Waals surface area contributed by atoms with Crippen LogP contribution in [0.15, 0.2) is 24.3 Å². The third-order valence-corrected chi connectivity index (χ3v) is 3.49. The Kier molecular flexibility index (Phi) is 5.18. The standard InChI is InChI=1S/C13H14N4O2S2/c1-2-8-12(21-17-16-8)13(18)15-9-5-3-4-6-10(9)19-7-11(14)20/h3-6H,2,7H2,1H3,(H2,14,20)(H,15,18). The minimum absolute atomic E-state index is 0.116. The first-order valence-corrected chi connectivity index (χ1v) is 7.42. The van der Waals surface area contributed by atoms with Crippen molar-refractivity contribution in [3.05, 3.63) is 34.8 Å². The lowest BCUT2D eigenvalue weighted by atomic mass is 10.2. The molecule has 110 valence electrons. The van der Waals surface area contributed by atoms with Gasteiger partial charge in [0, 0.05) is 0 Å². The van der Waals surface area contributed by atoms with E-state index in [9.17, 15) is 4.79 Å². The molecular formula is C13H14N4O2S2. The van der Waals surface area contributed by atoms with Gasteiger partial charge < -0.3 is 15.8 Å². The van der Waals surface area contributed by atoms with Gasteiger partial charge in [0.1, 0.15) is 22.2 Å². The van der Waals surface area contributed by atoms with Gasteiger partial charge in [-0.2, -0.15) is 0 Å². The van der Waals surface area contributed by atoms with Gasteiger partial charge in [-0.05, 0) is 30.1 Å². The van der Waals surface area contributed by atoms with Crippen LogP contribution < -0.4 is 15.8 Å². The molecule has 0 aliphatic rings. The van der Waals surface area contributed by atoms with Gasteiger partial charge in [-0.1, -0.05) is 35.8 Å². The summed E-state index contributed by atoms with van der Waals surface area (Å²) in [7, 11) is 0. The number of hydrogen-bond donors (Lipinski definition) is 2. The largest absolute Gasteiger partial charge is 0.484 e. The third kappa shape index (κ3) is 3.96. The molecule has 1 amide bonds. The fourth-order valence-electron chi connectivity index (χ4n) is 1.64. The van der Waals surface area contributed by atoms with E-state index < -0.39 is 0 Å². The number of benzene rings is 1. The van der Waals surface area contributed by atoms with Crippen LogP contribution in [0, 0.1) is 0 Å². The van der Waals surface area contributed by atoms with Crippen LogP contribution in [-0.4, -0.2) is 27.1 Å². The molecule has 0 fully saturated rings. The van der Waals surface area contributed by atoms with Crippen molar-refractivity contribution in [3.8, 4) is 5.75 Å². The van der Waals surface area contributed by atoms with Crippen LogP contribution in [0.25, 0.3) is 0 Å². The molecule has 0 aliphatic heterocycles. The fourth-order valence-corrected chi connectivity index (χ4v) is 2.34. The fraction of sp³-hybridized carbons (Fsp3) is 0.231.